The van der Waals surface area contributed by atoms with Gasteiger partial charge in [-0.1, -0.05) is 13.8 Å². The molecule has 0 fully saturated rings. The van der Waals surface area contributed by atoms with Crippen LogP contribution in [0.4, 0.5) is 0 Å². The van der Waals surface area contributed by atoms with Crippen molar-refractivity contribution in [3.05, 3.63) is 0 Å². The Labute approximate surface area is 85.5 Å². The van der Waals surface area contributed by atoms with Crippen molar-refractivity contribution in [2.24, 2.45) is 15.2 Å². The Balaban J connectivity index is 4.84. The third kappa shape index (κ3) is 4.28. The van der Waals surface area contributed by atoms with Crippen LogP contribution >= 0.6 is 0 Å². The summed E-state index contributed by atoms with van der Waals surface area (Å²) in [4.78, 5) is 14.0. The van der Waals surface area contributed by atoms with Gasteiger partial charge in [-0.05, 0) is 33.6 Å². The number of carbonyl (C=O) groups excluding carboxylic acids is 1. The monoisotopic (exact) mass is 197 g/mol. The van der Waals surface area contributed by atoms with E-state index in [1.54, 1.807) is 6.08 Å². The molecule has 0 spiro atoms. The van der Waals surface area contributed by atoms with Gasteiger partial charge >= 0.3 is 0 Å². The molecule has 0 atom stereocenters. The van der Waals surface area contributed by atoms with Crippen LogP contribution in [0, 0.1) is 0 Å². The summed E-state index contributed by atoms with van der Waals surface area (Å²) in [7, 11) is 0. The summed E-state index contributed by atoms with van der Waals surface area (Å²) in [5, 5.41) is 8.29. The molecule has 0 heterocycles. The Kier molecular flexibility index (Phi) is 4.64. The van der Waals surface area contributed by atoms with Crippen LogP contribution in [0.1, 0.15) is 47.5 Å². The second kappa shape index (κ2) is 5.01. The maximum absolute atomic E-state index is 10.3. The number of hydrogen-bond donors (Lipinski definition) is 0. The molecule has 0 unspecified atom stereocenters. The first-order valence-corrected chi connectivity index (χ1v) is 4.92. The zero-order chi connectivity index (χ0) is 11.2. The molecular formula is C10H19N3O. The molecule has 0 aliphatic rings. The molecule has 0 aliphatic heterocycles. The summed E-state index contributed by atoms with van der Waals surface area (Å²) in [5.41, 5.74) is -0.928. The van der Waals surface area contributed by atoms with E-state index in [-0.39, 0.29) is 5.54 Å². The molecule has 0 N–H and O–H groups in total. The molecule has 0 amide bonds. The average molecular weight is 197 g/mol. The lowest BCUT2D eigenvalue weighted by Gasteiger charge is -2.20. The molecule has 0 saturated heterocycles. The van der Waals surface area contributed by atoms with E-state index >= 15 is 0 Å². The summed E-state index contributed by atoms with van der Waals surface area (Å²) in [5.74, 6) is 0. The first kappa shape index (κ1) is 13.0. The molecular weight excluding hydrogens is 178 g/mol. The van der Waals surface area contributed by atoms with Gasteiger partial charge < -0.3 is 0 Å². The lowest BCUT2D eigenvalue weighted by Crippen LogP contribution is -2.22. The van der Waals surface area contributed by atoms with Crippen molar-refractivity contribution in [2.45, 2.75) is 58.7 Å². The minimum Gasteiger partial charge on any atom is -0.211 e. The van der Waals surface area contributed by atoms with Gasteiger partial charge in [0.25, 0.3) is 0 Å². The summed E-state index contributed by atoms with van der Waals surface area (Å²) in [6.07, 6.45) is 2.90. The van der Waals surface area contributed by atoms with Crippen LogP contribution in [-0.2, 0) is 4.79 Å². The SMILES string of the molecule is CCC(CC)(N=C=O)N=NC(C)(C)C. The average Bonchev–Trinajstić information content (AvgIpc) is 2.11. The Morgan fingerprint density at radius 3 is 1.86 bits per heavy atom. The zero-order valence-electron chi connectivity index (χ0n) is 9.66. The molecule has 0 aromatic heterocycles. The van der Waals surface area contributed by atoms with Gasteiger partial charge in [0, 0.05) is 0 Å². The third-order valence-corrected chi connectivity index (χ3v) is 1.92. The highest BCUT2D eigenvalue weighted by Gasteiger charge is 2.25. The largest absolute Gasteiger partial charge is 0.237 e. The lowest BCUT2D eigenvalue weighted by molar-refractivity contribution is 0.369. The van der Waals surface area contributed by atoms with E-state index in [0.29, 0.717) is 12.8 Å². The standard InChI is InChI=1S/C10H19N3O/c1-6-10(7-2,11-8-14)13-12-9(3,4)5/h6-7H2,1-5H3. The summed E-state index contributed by atoms with van der Waals surface area (Å²) in [6.45, 7) is 9.74. The predicted octanol–water partition coefficient (Wildman–Crippen LogP) is 3.09. The highest BCUT2D eigenvalue weighted by Crippen LogP contribution is 2.24. The van der Waals surface area contributed by atoms with Gasteiger partial charge in [-0.15, -0.1) is 0 Å². The first-order valence-electron chi connectivity index (χ1n) is 4.92. The van der Waals surface area contributed by atoms with Gasteiger partial charge in [0.2, 0.25) is 6.08 Å². The van der Waals surface area contributed by atoms with Crippen molar-refractivity contribution < 1.29 is 4.79 Å². The molecule has 0 aromatic carbocycles. The van der Waals surface area contributed by atoms with Crippen molar-refractivity contribution in [3.63, 3.8) is 0 Å². The fourth-order valence-electron chi connectivity index (χ4n) is 0.900. The molecule has 0 rings (SSSR count). The molecule has 0 aromatic rings. The van der Waals surface area contributed by atoms with Crippen molar-refractivity contribution in [3.8, 4) is 0 Å². The highest BCUT2D eigenvalue weighted by molar-refractivity contribution is 5.34. The van der Waals surface area contributed by atoms with Gasteiger partial charge in [0.15, 0.2) is 5.66 Å². The van der Waals surface area contributed by atoms with Crippen LogP contribution in [0.5, 0.6) is 0 Å². The third-order valence-electron chi connectivity index (χ3n) is 1.92. The van der Waals surface area contributed by atoms with Crippen molar-refractivity contribution in [1.82, 2.24) is 0 Å². The van der Waals surface area contributed by atoms with Crippen LogP contribution in [0.25, 0.3) is 0 Å². The Hall–Kier alpha value is -1.02. The van der Waals surface area contributed by atoms with E-state index in [1.807, 2.05) is 34.6 Å². The van der Waals surface area contributed by atoms with Gasteiger partial charge in [0.1, 0.15) is 0 Å². The molecule has 0 aliphatic carbocycles. The van der Waals surface area contributed by atoms with E-state index in [0.717, 1.165) is 0 Å². The topological polar surface area (TPSA) is 54.1 Å². The molecule has 4 nitrogen and oxygen atoms in total. The quantitative estimate of drug-likeness (QED) is 0.388. The van der Waals surface area contributed by atoms with Crippen LogP contribution in [-0.4, -0.2) is 17.3 Å². The minimum atomic E-state index is -0.699. The molecule has 0 saturated carbocycles. The second-order valence-electron chi connectivity index (χ2n) is 4.26. The molecule has 4 heteroatoms. The smallest absolute Gasteiger partial charge is 0.211 e. The van der Waals surface area contributed by atoms with E-state index in [9.17, 15) is 4.79 Å². The Morgan fingerprint density at radius 1 is 1.07 bits per heavy atom. The number of isocyanates is 1. The zero-order valence-corrected chi connectivity index (χ0v) is 9.66. The number of rotatable bonds is 4. The first-order chi connectivity index (χ1) is 6.39. The van der Waals surface area contributed by atoms with Gasteiger partial charge in [-0.25, -0.2) is 4.79 Å². The van der Waals surface area contributed by atoms with Gasteiger partial charge in [0.05, 0.1) is 5.54 Å². The summed E-state index contributed by atoms with van der Waals surface area (Å²) < 4.78 is 0. The van der Waals surface area contributed by atoms with Crippen LogP contribution in [0.15, 0.2) is 15.2 Å². The summed E-state index contributed by atoms with van der Waals surface area (Å²) >= 11 is 0. The molecule has 14 heavy (non-hydrogen) atoms. The van der Waals surface area contributed by atoms with Crippen molar-refractivity contribution >= 4 is 6.08 Å². The van der Waals surface area contributed by atoms with Gasteiger partial charge in [-0.3, -0.25) is 0 Å². The molecule has 80 valence electrons. The van der Waals surface area contributed by atoms with Crippen LogP contribution in [0.2, 0.25) is 0 Å². The van der Waals surface area contributed by atoms with Crippen LogP contribution in [0.3, 0.4) is 0 Å². The predicted molar refractivity (Wildman–Crippen MR) is 56.0 cm³/mol. The molecule has 0 bridgehead atoms. The maximum atomic E-state index is 10.3. The minimum absolute atomic E-state index is 0.228. The van der Waals surface area contributed by atoms with Crippen molar-refractivity contribution in [2.75, 3.05) is 0 Å². The van der Waals surface area contributed by atoms with E-state index in [4.69, 9.17) is 0 Å². The second-order valence-corrected chi connectivity index (χ2v) is 4.26. The number of nitrogens with zero attached hydrogens (tertiary/aromatic N) is 3. The lowest BCUT2D eigenvalue weighted by atomic mass is 10.1. The number of aliphatic imine (C=N–C) groups is 1. The fourth-order valence-corrected chi connectivity index (χ4v) is 0.900. The van der Waals surface area contributed by atoms with E-state index in [1.165, 1.54) is 0 Å². The number of azo groups is 1. The summed E-state index contributed by atoms with van der Waals surface area (Å²) in [6, 6.07) is 0. The van der Waals surface area contributed by atoms with Gasteiger partial charge in [-0.2, -0.15) is 15.2 Å². The van der Waals surface area contributed by atoms with E-state index in [2.05, 4.69) is 15.2 Å². The fraction of sp³-hybridized carbons (Fsp3) is 0.900. The van der Waals surface area contributed by atoms with Crippen LogP contribution < -0.4 is 0 Å². The van der Waals surface area contributed by atoms with E-state index < -0.39 is 5.66 Å². The normalized spacial score (nSPS) is 12.9. The highest BCUT2D eigenvalue weighted by atomic mass is 16.1. The Morgan fingerprint density at radius 2 is 1.57 bits per heavy atom. The maximum Gasteiger partial charge on any atom is 0.237 e. The Bertz CT molecular complexity index is 243. The molecule has 0 radical (unpaired) electrons. The van der Waals surface area contributed by atoms with Crippen molar-refractivity contribution in [1.29, 1.82) is 0 Å². The number of hydrogen-bond acceptors (Lipinski definition) is 4.